The summed E-state index contributed by atoms with van der Waals surface area (Å²) in [6.07, 6.45) is -0.842. The Kier molecular flexibility index (Phi) is 5.90. The summed E-state index contributed by atoms with van der Waals surface area (Å²) < 4.78 is 24.2. The van der Waals surface area contributed by atoms with Crippen LogP contribution >= 0.6 is 0 Å². The zero-order valence-corrected chi connectivity index (χ0v) is 13.9. The number of halogens is 1. The van der Waals surface area contributed by atoms with Crippen LogP contribution in [0.4, 0.5) is 4.39 Å². The molecule has 130 valence electrons. The van der Waals surface area contributed by atoms with Gasteiger partial charge < -0.3 is 14.1 Å². The lowest BCUT2D eigenvalue weighted by Gasteiger charge is -2.20. The first-order valence-electron chi connectivity index (χ1n) is 7.61. The SMILES string of the molecule is C[C@@H](OC(=O)c1ccc(-c2ccccc2F)o1)C(=O)N(C)CCC#N. The van der Waals surface area contributed by atoms with E-state index in [2.05, 4.69) is 0 Å². The molecule has 0 saturated carbocycles. The van der Waals surface area contributed by atoms with Gasteiger partial charge in [-0.3, -0.25) is 4.79 Å². The number of likely N-dealkylation sites (N-methyl/N-ethyl adjacent to an activating group) is 1. The van der Waals surface area contributed by atoms with Crippen molar-refractivity contribution in [1.29, 1.82) is 5.26 Å². The van der Waals surface area contributed by atoms with Crippen molar-refractivity contribution < 1.29 is 23.1 Å². The summed E-state index contributed by atoms with van der Waals surface area (Å²) in [6, 6.07) is 10.8. The van der Waals surface area contributed by atoms with Crippen LogP contribution in [0.2, 0.25) is 0 Å². The van der Waals surface area contributed by atoms with Crippen LogP contribution < -0.4 is 0 Å². The number of amides is 1. The van der Waals surface area contributed by atoms with Gasteiger partial charge in [-0.15, -0.1) is 0 Å². The molecule has 1 atom stereocenters. The number of carbonyl (C=O) groups is 2. The van der Waals surface area contributed by atoms with Crippen molar-refractivity contribution in [2.24, 2.45) is 0 Å². The second-order valence-electron chi connectivity index (χ2n) is 5.36. The third kappa shape index (κ3) is 4.44. The van der Waals surface area contributed by atoms with E-state index in [1.165, 1.54) is 43.1 Å². The summed E-state index contributed by atoms with van der Waals surface area (Å²) in [4.78, 5) is 25.5. The van der Waals surface area contributed by atoms with E-state index in [0.29, 0.717) is 0 Å². The maximum absolute atomic E-state index is 13.7. The third-order valence-corrected chi connectivity index (χ3v) is 3.51. The molecule has 0 radical (unpaired) electrons. The zero-order chi connectivity index (χ0) is 18.4. The molecule has 0 aliphatic carbocycles. The van der Waals surface area contributed by atoms with Crippen LogP contribution in [0.3, 0.4) is 0 Å². The quantitative estimate of drug-likeness (QED) is 0.752. The fourth-order valence-electron chi connectivity index (χ4n) is 2.16. The average Bonchev–Trinajstić information content (AvgIpc) is 3.09. The number of furan rings is 1. The first-order chi connectivity index (χ1) is 11.9. The van der Waals surface area contributed by atoms with Gasteiger partial charge in [0.25, 0.3) is 5.91 Å². The molecule has 0 spiro atoms. The molecule has 1 heterocycles. The molecule has 0 aliphatic rings. The molecule has 0 aliphatic heterocycles. The minimum atomic E-state index is -1.03. The number of rotatable bonds is 6. The number of ether oxygens (including phenoxy) is 1. The Balaban J connectivity index is 2.03. The van der Waals surface area contributed by atoms with Crippen molar-refractivity contribution in [2.75, 3.05) is 13.6 Å². The highest BCUT2D eigenvalue weighted by Crippen LogP contribution is 2.25. The Hall–Kier alpha value is -3.14. The van der Waals surface area contributed by atoms with E-state index < -0.39 is 23.8 Å². The molecule has 2 rings (SSSR count). The maximum atomic E-state index is 13.7. The van der Waals surface area contributed by atoms with Crippen LogP contribution in [0.5, 0.6) is 0 Å². The van der Waals surface area contributed by atoms with Crippen LogP contribution in [-0.2, 0) is 9.53 Å². The Labute approximate surface area is 144 Å². The summed E-state index contributed by atoms with van der Waals surface area (Å²) in [5, 5.41) is 8.53. The van der Waals surface area contributed by atoms with E-state index in [1.54, 1.807) is 12.1 Å². The molecule has 0 N–H and O–H groups in total. The number of esters is 1. The second-order valence-corrected chi connectivity index (χ2v) is 5.36. The maximum Gasteiger partial charge on any atom is 0.375 e. The molecular formula is C18H17FN2O4. The van der Waals surface area contributed by atoms with Gasteiger partial charge in [0.05, 0.1) is 18.1 Å². The molecule has 1 amide bonds. The van der Waals surface area contributed by atoms with Crippen molar-refractivity contribution in [3.8, 4) is 17.4 Å². The molecule has 0 unspecified atom stereocenters. The number of hydrogen-bond acceptors (Lipinski definition) is 5. The van der Waals surface area contributed by atoms with Crippen molar-refractivity contribution in [2.45, 2.75) is 19.4 Å². The largest absolute Gasteiger partial charge is 0.449 e. The summed E-state index contributed by atoms with van der Waals surface area (Å²) >= 11 is 0. The minimum absolute atomic E-state index is 0.127. The minimum Gasteiger partial charge on any atom is -0.449 e. The van der Waals surface area contributed by atoms with E-state index in [0.717, 1.165) is 0 Å². The Bertz CT molecular complexity index is 809. The summed E-state index contributed by atoms with van der Waals surface area (Å²) in [7, 11) is 1.52. The van der Waals surface area contributed by atoms with Crippen LogP contribution in [0, 0.1) is 17.1 Å². The molecule has 0 saturated heterocycles. The second kappa shape index (κ2) is 8.11. The number of nitriles is 1. The van der Waals surface area contributed by atoms with Crippen molar-refractivity contribution in [1.82, 2.24) is 4.90 Å². The van der Waals surface area contributed by atoms with Gasteiger partial charge in [0.1, 0.15) is 11.6 Å². The Morgan fingerprint density at radius 1 is 1.32 bits per heavy atom. The molecule has 6 nitrogen and oxygen atoms in total. The van der Waals surface area contributed by atoms with Crippen LogP contribution in [-0.4, -0.2) is 36.5 Å². The number of carbonyl (C=O) groups excluding carboxylic acids is 2. The topological polar surface area (TPSA) is 83.5 Å². The van der Waals surface area contributed by atoms with Gasteiger partial charge in [0.2, 0.25) is 5.76 Å². The Morgan fingerprint density at radius 3 is 2.72 bits per heavy atom. The summed E-state index contributed by atoms with van der Waals surface area (Å²) in [5.41, 5.74) is 0.224. The molecule has 25 heavy (non-hydrogen) atoms. The van der Waals surface area contributed by atoms with Crippen molar-refractivity contribution >= 4 is 11.9 Å². The fourth-order valence-corrected chi connectivity index (χ4v) is 2.16. The third-order valence-electron chi connectivity index (χ3n) is 3.51. The molecule has 1 aromatic carbocycles. The standard InChI is InChI=1S/C18H17FN2O4/c1-12(17(22)21(2)11-5-10-20)24-18(23)16-9-8-15(25-16)13-6-3-4-7-14(13)19/h3-4,6-9,12H,5,11H2,1-2H3/t12-/m1/s1. The molecule has 7 heteroatoms. The van der Waals surface area contributed by atoms with E-state index in [4.69, 9.17) is 14.4 Å². The Morgan fingerprint density at radius 2 is 2.04 bits per heavy atom. The van der Waals surface area contributed by atoms with Gasteiger partial charge in [0.15, 0.2) is 6.10 Å². The highest BCUT2D eigenvalue weighted by atomic mass is 19.1. The highest BCUT2D eigenvalue weighted by Gasteiger charge is 2.24. The number of nitrogens with zero attached hydrogens (tertiary/aromatic N) is 2. The van der Waals surface area contributed by atoms with Gasteiger partial charge in [-0.2, -0.15) is 5.26 Å². The summed E-state index contributed by atoms with van der Waals surface area (Å²) in [6.45, 7) is 1.68. The predicted molar refractivity (Wildman–Crippen MR) is 86.8 cm³/mol. The van der Waals surface area contributed by atoms with Gasteiger partial charge in [-0.25, -0.2) is 9.18 Å². The fraction of sp³-hybridized carbons (Fsp3) is 0.278. The zero-order valence-electron chi connectivity index (χ0n) is 13.9. The van der Waals surface area contributed by atoms with Gasteiger partial charge in [-0.05, 0) is 31.2 Å². The van der Waals surface area contributed by atoms with Gasteiger partial charge >= 0.3 is 5.97 Å². The van der Waals surface area contributed by atoms with Crippen LogP contribution in [0.25, 0.3) is 11.3 Å². The normalized spacial score (nSPS) is 11.4. The van der Waals surface area contributed by atoms with E-state index in [1.807, 2.05) is 6.07 Å². The lowest BCUT2D eigenvalue weighted by molar-refractivity contribution is -0.138. The molecule has 2 aromatic rings. The highest BCUT2D eigenvalue weighted by molar-refractivity contribution is 5.90. The van der Waals surface area contributed by atoms with Gasteiger partial charge in [-0.1, -0.05) is 12.1 Å². The van der Waals surface area contributed by atoms with Crippen molar-refractivity contribution in [3.05, 3.63) is 48.0 Å². The average molecular weight is 344 g/mol. The molecule has 0 bridgehead atoms. The van der Waals surface area contributed by atoms with Crippen LogP contribution in [0.1, 0.15) is 23.9 Å². The summed E-state index contributed by atoms with van der Waals surface area (Å²) in [5.74, 6) is -1.66. The van der Waals surface area contributed by atoms with Crippen molar-refractivity contribution in [3.63, 3.8) is 0 Å². The predicted octanol–water partition coefficient (Wildman–Crippen LogP) is 3.00. The van der Waals surface area contributed by atoms with E-state index >= 15 is 0 Å². The first kappa shape index (κ1) is 18.2. The van der Waals surface area contributed by atoms with E-state index in [9.17, 15) is 14.0 Å². The monoisotopic (exact) mass is 344 g/mol. The van der Waals surface area contributed by atoms with Gasteiger partial charge in [0, 0.05) is 13.6 Å². The lowest BCUT2D eigenvalue weighted by atomic mass is 10.1. The van der Waals surface area contributed by atoms with Crippen LogP contribution in [0.15, 0.2) is 40.8 Å². The lowest BCUT2D eigenvalue weighted by Crippen LogP contribution is -2.37. The molecule has 0 fully saturated rings. The number of hydrogen-bond donors (Lipinski definition) is 0. The smallest absolute Gasteiger partial charge is 0.375 e. The molecular weight excluding hydrogens is 327 g/mol. The first-order valence-corrected chi connectivity index (χ1v) is 7.61. The van der Waals surface area contributed by atoms with E-state index in [-0.39, 0.29) is 30.0 Å². The molecule has 1 aromatic heterocycles. The number of benzene rings is 1.